The van der Waals surface area contributed by atoms with Crippen molar-refractivity contribution < 1.29 is 27.2 Å². The van der Waals surface area contributed by atoms with Crippen LogP contribution >= 0.6 is 23.2 Å². The van der Waals surface area contributed by atoms with Crippen LogP contribution in [0, 0.1) is 13.8 Å². The molecule has 4 aromatic rings. The number of furan rings is 1. The fraction of sp³-hybridized carbons (Fsp3) is 0.176. The molecule has 2 heterocycles. The predicted molar refractivity (Wildman–Crippen MR) is 174 cm³/mol. The highest BCUT2D eigenvalue weighted by molar-refractivity contribution is 7.89. The summed E-state index contributed by atoms with van der Waals surface area (Å²) in [5.41, 5.74) is 3.62. The second-order valence-corrected chi connectivity index (χ2v) is 13.5. The maximum atomic E-state index is 13.8. The molecule has 5 rings (SSSR count). The number of benzene rings is 3. The number of esters is 1. The summed E-state index contributed by atoms with van der Waals surface area (Å²) >= 11 is 12.4. The Kier molecular flexibility index (Phi) is 9.36. The van der Waals surface area contributed by atoms with Gasteiger partial charge in [-0.2, -0.15) is 4.31 Å². The number of hydrogen-bond acceptors (Lipinski definition) is 6. The Balaban J connectivity index is 1.49. The van der Waals surface area contributed by atoms with Gasteiger partial charge in [-0.25, -0.2) is 13.2 Å². The number of nitrogens with zero attached hydrogens (tertiary/aromatic N) is 2. The van der Waals surface area contributed by atoms with E-state index in [0.29, 0.717) is 27.2 Å². The van der Waals surface area contributed by atoms with Gasteiger partial charge >= 0.3 is 5.97 Å². The van der Waals surface area contributed by atoms with Crippen molar-refractivity contribution in [2.24, 2.45) is 0 Å². The van der Waals surface area contributed by atoms with Crippen LogP contribution < -0.4 is 4.90 Å². The molecule has 1 aliphatic rings. The van der Waals surface area contributed by atoms with Crippen LogP contribution in [0.4, 0.5) is 5.69 Å². The summed E-state index contributed by atoms with van der Waals surface area (Å²) in [4.78, 5) is 28.0. The van der Waals surface area contributed by atoms with Gasteiger partial charge in [0.2, 0.25) is 10.0 Å². The van der Waals surface area contributed by atoms with Crippen LogP contribution in [0.2, 0.25) is 10.0 Å². The molecule has 45 heavy (non-hydrogen) atoms. The summed E-state index contributed by atoms with van der Waals surface area (Å²) in [6.45, 7) is 5.50. The molecule has 11 heteroatoms. The standard InChI is InChI=1S/C34H30Cl2N2O6S/c1-21-5-9-24(10-6-21)19-37(45(41,42)30-13-7-22(2)8-14-30)20-29-12-11-28(44-29)18-31-32(34(40)43-4)23(3)38(33(31)39)27-16-25(35)15-26(36)17-27/h5-18H,19-20H2,1-4H3/b31-18+. The van der Waals surface area contributed by atoms with Gasteiger partial charge < -0.3 is 9.15 Å². The van der Waals surface area contributed by atoms with E-state index >= 15 is 0 Å². The number of sulfonamides is 1. The summed E-state index contributed by atoms with van der Waals surface area (Å²) in [7, 11) is -2.69. The average Bonchev–Trinajstić information content (AvgIpc) is 3.53. The maximum absolute atomic E-state index is 13.8. The monoisotopic (exact) mass is 664 g/mol. The first kappa shape index (κ1) is 32.2. The Bertz CT molecular complexity index is 1920. The third kappa shape index (κ3) is 6.92. The molecule has 0 bridgehead atoms. The lowest BCUT2D eigenvalue weighted by molar-refractivity contribution is -0.136. The van der Waals surface area contributed by atoms with Crippen molar-refractivity contribution in [3.05, 3.63) is 134 Å². The van der Waals surface area contributed by atoms with Gasteiger partial charge in [-0.15, -0.1) is 0 Å². The minimum absolute atomic E-state index is 0.0418. The first-order valence-corrected chi connectivity index (χ1v) is 16.1. The van der Waals surface area contributed by atoms with Gasteiger partial charge in [-0.3, -0.25) is 9.69 Å². The summed E-state index contributed by atoms with van der Waals surface area (Å²) < 4.78 is 40.0. The molecule has 8 nitrogen and oxygen atoms in total. The topological polar surface area (TPSA) is 97.1 Å². The molecular weight excluding hydrogens is 635 g/mol. The van der Waals surface area contributed by atoms with Crippen LogP contribution in [0.15, 0.2) is 105 Å². The summed E-state index contributed by atoms with van der Waals surface area (Å²) in [5, 5.41) is 0.642. The Morgan fingerprint density at radius 3 is 2.09 bits per heavy atom. The minimum atomic E-state index is -3.91. The van der Waals surface area contributed by atoms with Gasteiger partial charge in [0.15, 0.2) is 0 Å². The van der Waals surface area contributed by atoms with Gasteiger partial charge in [0.25, 0.3) is 5.91 Å². The van der Waals surface area contributed by atoms with E-state index in [0.717, 1.165) is 16.7 Å². The molecular formula is C34H30Cl2N2O6S. The van der Waals surface area contributed by atoms with Crippen molar-refractivity contribution in [2.75, 3.05) is 12.0 Å². The largest absolute Gasteiger partial charge is 0.465 e. The van der Waals surface area contributed by atoms with Gasteiger partial charge in [0, 0.05) is 22.3 Å². The highest BCUT2D eigenvalue weighted by Gasteiger charge is 2.38. The summed E-state index contributed by atoms with van der Waals surface area (Å²) in [6, 6.07) is 22.2. The lowest BCUT2D eigenvalue weighted by Gasteiger charge is -2.21. The van der Waals surface area contributed by atoms with E-state index < -0.39 is 21.9 Å². The smallest absolute Gasteiger partial charge is 0.340 e. The van der Waals surface area contributed by atoms with Gasteiger partial charge in [0.1, 0.15) is 11.5 Å². The number of anilines is 1. The van der Waals surface area contributed by atoms with Crippen molar-refractivity contribution in [3.8, 4) is 0 Å². The van der Waals surface area contributed by atoms with E-state index in [1.54, 1.807) is 55.5 Å². The maximum Gasteiger partial charge on any atom is 0.340 e. The summed E-state index contributed by atoms with van der Waals surface area (Å²) in [6.07, 6.45) is 1.44. The molecule has 0 saturated carbocycles. The van der Waals surface area contributed by atoms with Crippen LogP contribution in [0.3, 0.4) is 0 Å². The van der Waals surface area contributed by atoms with E-state index in [-0.39, 0.29) is 34.9 Å². The molecule has 1 aliphatic heterocycles. The zero-order valence-corrected chi connectivity index (χ0v) is 27.3. The number of carbonyl (C=O) groups excluding carboxylic acids is 2. The average molecular weight is 666 g/mol. The number of hydrogen-bond donors (Lipinski definition) is 0. The number of ether oxygens (including phenoxy) is 1. The van der Waals surface area contributed by atoms with Crippen molar-refractivity contribution in [1.82, 2.24) is 4.31 Å². The van der Waals surface area contributed by atoms with E-state index in [4.69, 9.17) is 32.4 Å². The second kappa shape index (κ2) is 13.1. The van der Waals surface area contributed by atoms with Crippen molar-refractivity contribution in [2.45, 2.75) is 38.8 Å². The van der Waals surface area contributed by atoms with Crippen LogP contribution in [0.5, 0.6) is 0 Å². The number of halogens is 2. The predicted octanol–water partition coefficient (Wildman–Crippen LogP) is 7.47. The van der Waals surface area contributed by atoms with E-state index in [1.807, 2.05) is 38.1 Å². The number of allylic oxidation sites excluding steroid dienone is 1. The van der Waals surface area contributed by atoms with Gasteiger partial charge in [-0.1, -0.05) is 70.7 Å². The number of methoxy groups -OCH3 is 1. The number of carbonyl (C=O) groups is 2. The quantitative estimate of drug-likeness (QED) is 0.136. The highest BCUT2D eigenvalue weighted by atomic mass is 35.5. The van der Waals surface area contributed by atoms with Crippen LogP contribution in [-0.2, 0) is 37.4 Å². The summed E-state index contributed by atoms with van der Waals surface area (Å²) in [5.74, 6) is -0.624. The zero-order valence-electron chi connectivity index (χ0n) is 25.0. The van der Waals surface area contributed by atoms with E-state index in [9.17, 15) is 18.0 Å². The molecule has 0 atom stereocenters. The SMILES string of the molecule is COC(=O)C1=C(C)N(c2cc(Cl)cc(Cl)c2)C(=O)/C1=C/c1ccc(CN(Cc2ccc(C)cc2)S(=O)(=O)c2ccc(C)cc2)o1. The van der Waals surface area contributed by atoms with Crippen molar-refractivity contribution in [3.63, 3.8) is 0 Å². The van der Waals surface area contributed by atoms with E-state index in [2.05, 4.69) is 0 Å². The first-order valence-electron chi connectivity index (χ1n) is 13.9. The molecule has 1 aromatic heterocycles. The van der Waals surface area contributed by atoms with Crippen LogP contribution in [0.25, 0.3) is 6.08 Å². The second-order valence-electron chi connectivity index (χ2n) is 10.7. The van der Waals surface area contributed by atoms with E-state index in [1.165, 1.54) is 28.5 Å². The Morgan fingerprint density at radius 2 is 1.49 bits per heavy atom. The fourth-order valence-corrected chi connectivity index (χ4v) is 6.92. The third-order valence-electron chi connectivity index (χ3n) is 7.33. The van der Waals surface area contributed by atoms with Crippen molar-refractivity contribution in [1.29, 1.82) is 0 Å². The van der Waals surface area contributed by atoms with Gasteiger partial charge in [-0.05, 0) is 74.9 Å². The lowest BCUT2D eigenvalue weighted by Crippen LogP contribution is -2.30. The molecule has 232 valence electrons. The number of aryl methyl sites for hydroxylation is 2. The van der Waals surface area contributed by atoms with Gasteiger partial charge in [0.05, 0.1) is 35.4 Å². The number of amides is 1. The molecule has 3 aromatic carbocycles. The zero-order chi connectivity index (χ0) is 32.5. The molecule has 0 aliphatic carbocycles. The van der Waals surface area contributed by atoms with Crippen molar-refractivity contribution >= 4 is 56.9 Å². The highest BCUT2D eigenvalue weighted by Crippen LogP contribution is 2.38. The molecule has 0 saturated heterocycles. The fourth-order valence-electron chi connectivity index (χ4n) is 5.01. The Hall–Kier alpha value is -4.15. The number of rotatable bonds is 9. The Morgan fingerprint density at radius 1 is 0.889 bits per heavy atom. The van der Waals surface area contributed by atoms with Crippen LogP contribution in [0.1, 0.15) is 35.1 Å². The Labute approximate surface area is 272 Å². The van der Waals surface area contributed by atoms with Crippen LogP contribution in [-0.4, -0.2) is 31.7 Å². The third-order valence-corrected chi connectivity index (χ3v) is 9.58. The molecule has 0 fully saturated rings. The molecule has 0 unspecified atom stereocenters. The molecule has 0 radical (unpaired) electrons. The molecule has 0 N–H and O–H groups in total. The molecule has 0 spiro atoms. The molecule has 1 amide bonds. The minimum Gasteiger partial charge on any atom is -0.465 e. The lowest BCUT2D eigenvalue weighted by atomic mass is 10.1. The normalized spacial score (nSPS) is 14.6. The first-order chi connectivity index (χ1) is 21.4.